The van der Waals surface area contributed by atoms with Crippen molar-refractivity contribution in [2.45, 2.75) is 70.3 Å². The van der Waals surface area contributed by atoms with Gasteiger partial charge >= 0.3 is 0 Å². The smallest absolute Gasteiger partial charge is 0.228 e. The average molecular weight is 405 g/mol. The minimum absolute atomic E-state index is 0.0146. The maximum Gasteiger partial charge on any atom is 0.228 e. The molecular formula is C27H36N2O. The molecule has 6 rings (SSSR count). The minimum Gasteiger partial charge on any atom is -0.342 e. The highest BCUT2D eigenvalue weighted by atomic mass is 16.2. The topological polar surface area (TPSA) is 46.3 Å². The van der Waals surface area contributed by atoms with Gasteiger partial charge < -0.3 is 10.6 Å². The van der Waals surface area contributed by atoms with Gasteiger partial charge in [0.1, 0.15) is 0 Å². The molecule has 4 saturated carbocycles. The van der Waals surface area contributed by atoms with Crippen LogP contribution in [0.25, 0.3) is 0 Å². The van der Waals surface area contributed by atoms with Gasteiger partial charge in [0.2, 0.25) is 5.91 Å². The lowest BCUT2D eigenvalue weighted by Gasteiger charge is -2.65. The van der Waals surface area contributed by atoms with E-state index in [0.29, 0.717) is 23.7 Å². The Kier molecular flexibility index (Phi) is 4.60. The SMILES string of the molecule is C#CCC1C2CC3(C(=O)N4CC[C@H](N)C(C)(C)C4)CC1CC(c1ccccc1)(C2)C3. The first kappa shape index (κ1) is 20.1. The second-order valence-electron chi connectivity index (χ2n) is 11.6. The van der Waals surface area contributed by atoms with Crippen molar-refractivity contribution < 1.29 is 4.79 Å². The molecular weight excluding hydrogens is 368 g/mol. The summed E-state index contributed by atoms with van der Waals surface area (Å²) in [6.45, 7) is 6.03. The number of carbonyl (C=O) groups is 1. The highest BCUT2D eigenvalue weighted by molar-refractivity contribution is 5.84. The summed E-state index contributed by atoms with van der Waals surface area (Å²) in [6, 6.07) is 11.2. The first-order valence-electron chi connectivity index (χ1n) is 11.8. The van der Waals surface area contributed by atoms with E-state index in [1.54, 1.807) is 0 Å². The number of amides is 1. The second-order valence-corrected chi connectivity index (χ2v) is 11.6. The summed E-state index contributed by atoms with van der Waals surface area (Å²) in [7, 11) is 0. The number of carbonyl (C=O) groups excluding carboxylic acids is 1. The van der Waals surface area contributed by atoms with Gasteiger partial charge in [-0.15, -0.1) is 12.3 Å². The summed E-state index contributed by atoms with van der Waals surface area (Å²) in [5, 5.41) is 0. The molecule has 0 spiro atoms. The molecule has 1 saturated heterocycles. The molecule has 0 radical (unpaired) electrons. The van der Waals surface area contributed by atoms with E-state index in [1.165, 1.54) is 18.4 Å². The maximum absolute atomic E-state index is 14.1. The molecule has 3 nitrogen and oxygen atoms in total. The van der Waals surface area contributed by atoms with E-state index in [0.717, 1.165) is 45.2 Å². The summed E-state index contributed by atoms with van der Waals surface area (Å²) in [4.78, 5) is 16.3. The molecule has 1 amide bonds. The van der Waals surface area contributed by atoms with Crippen LogP contribution in [0.1, 0.15) is 64.4 Å². The van der Waals surface area contributed by atoms with Crippen LogP contribution in [0.3, 0.4) is 0 Å². The van der Waals surface area contributed by atoms with Gasteiger partial charge in [0, 0.05) is 25.6 Å². The van der Waals surface area contributed by atoms with E-state index >= 15 is 0 Å². The largest absolute Gasteiger partial charge is 0.342 e. The van der Waals surface area contributed by atoms with Gasteiger partial charge in [-0.3, -0.25) is 4.79 Å². The Morgan fingerprint density at radius 3 is 2.43 bits per heavy atom. The highest BCUT2D eigenvalue weighted by Crippen LogP contribution is 2.68. The Labute approximate surface area is 181 Å². The van der Waals surface area contributed by atoms with Crippen molar-refractivity contribution in [2.24, 2.45) is 34.3 Å². The van der Waals surface area contributed by atoms with Crippen LogP contribution in [0.5, 0.6) is 0 Å². The van der Waals surface area contributed by atoms with Crippen LogP contribution in [0, 0.1) is 40.9 Å². The predicted octanol–water partition coefficient (Wildman–Crippen LogP) is 4.36. The van der Waals surface area contributed by atoms with Crippen LogP contribution in [0.4, 0.5) is 0 Å². The van der Waals surface area contributed by atoms with E-state index < -0.39 is 0 Å². The molecule has 30 heavy (non-hydrogen) atoms. The van der Waals surface area contributed by atoms with Crippen LogP contribution in [-0.2, 0) is 10.2 Å². The van der Waals surface area contributed by atoms with Gasteiger partial charge in [0.15, 0.2) is 0 Å². The Morgan fingerprint density at radius 1 is 1.17 bits per heavy atom. The Morgan fingerprint density at radius 2 is 1.83 bits per heavy atom. The summed E-state index contributed by atoms with van der Waals surface area (Å²) in [6.07, 6.45) is 13.0. The quantitative estimate of drug-likeness (QED) is 0.761. The van der Waals surface area contributed by atoms with E-state index in [9.17, 15) is 4.79 Å². The van der Waals surface area contributed by atoms with Crippen LogP contribution in [0.15, 0.2) is 30.3 Å². The van der Waals surface area contributed by atoms with Crippen LogP contribution < -0.4 is 5.73 Å². The zero-order valence-corrected chi connectivity index (χ0v) is 18.6. The number of hydrogen-bond donors (Lipinski definition) is 1. The normalized spacial score (nSPS) is 41.5. The number of nitrogens with zero attached hydrogens (tertiary/aromatic N) is 1. The lowest BCUT2D eigenvalue weighted by molar-refractivity contribution is -0.170. The maximum atomic E-state index is 14.1. The fourth-order valence-electron chi connectivity index (χ4n) is 7.98. The average Bonchev–Trinajstić information content (AvgIpc) is 2.72. The third-order valence-electron chi connectivity index (χ3n) is 9.29. The summed E-state index contributed by atoms with van der Waals surface area (Å²) in [5.41, 5.74) is 7.74. The van der Waals surface area contributed by atoms with E-state index in [4.69, 9.17) is 12.2 Å². The number of hydrogen-bond acceptors (Lipinski definition) is 2. The van der Waals surface area contributed by atoms with Gasteiger partial charge in [-0.2, -0.15) is 0 Å². The van der Waals surface area contributed by atoms with E-state index in [2.05, 4.69) is 55.0 Å². The molecule has 2 unspecified atom stereocenters. The molecule has 5 aliphatic rings. The van der Waals surface area contributed by atoms with Crippen molar-refractivity contribution in [3.05, 3.63) is 35.9 Å². The molecule has 1 aliphatic heterocycles. The molecule has 160 valence electrons. The molecule has 0 aromatic heterocycles. The van der Waals surface area contributed by atoms with Gasteiger partial charge in [-0.25, -0.2) is 0 Å². The first-order chi connectivity index (χ1) is 14.3. The number of terminal acetylenes is 1. The van der Waals surface area contributed by atoms with Gasteiger partial charge in [0.25, 0.3) is 0 Å². The lowest BCUT2D eigenvalue weighted by Crippen LogP contribution is -2.64. The predicted molar refractivity (Wildman–Crippen MR) is 121 cm³/mol. The zero-order valence-electron chi connectivity index (χ0n) is 18.6. The number of piperidine rings is 1. The standard InChI is InChI=1S/C27H36N2O/c1-4-8-22-19-13-26(21-9-6-5-7-10-21)14-20(22)16-27(15-19,17-26)24(30)29-12-11-23(28)25(2,3)18-29/h1,5-7,9-10,19-20,22-23H,8,11-18,28H2,2-3H3/t19?,20?,22?,23-,26?,27?/m0/s1. The Bertz CT molecular complexity index is 851. The molecule has 4 aliphatic carbocycles. The molecule has 3 atom stereocenters. The Hall–Kier alpha value is -1.79. The zero-order chi connectivity index (χ0) is 21.1. The highest BCUT2D eigenvalue weighted by Gasteiger charge is 2.64. The van der Waals surface area contributed by atoms with E-state index in [1.807, 2.05) is 0 Å². The summed E-state index contributed by atoms with van der Waals surface area (Å²) < 4.78 is 0. The molecule has 5 fully saturated rings. The lowest BCUT2D eigenvalue weighted by atomic mass is 9.39. The van der Waals surface area contributed by atoms with Crippen molar-refractivity contribution in [1.82, 2.24) is 4.90 Å². The van der Waals surface area contributed by atoms with Crippen molar-refractivity contribution in [3.8, 4) is 12.3 Å². The summed E-state index contributed by atoms with van der Waals surface area (Å²) in [5.74, 6) is 5.12. The fraction of sp³-hybridized carbons (Fsp3) is 0.667. The van der Waals surface area contributed by atoms with Crippen molar-refractivity contribution in [2.75, 3.05) is 13.1 Å². The minimum atomic E-state index is -0.204. The monoisotopic (exact) mass is 404 g/mol. The van der Waals surface area contributed by atoms with Crippen LogP contribution >= 0.6 is 0 Å². The molecule has 1 heterocycles. The molecule has 4 bridgehead atoms. The van der Waals surface area contributed by atoms with Crippen LogP contribution in [0.2, 0.25) is 0 Å². The molecule has 1 aromatic rings. The van der Waals surface area contributed by atoms with Gasteiger partial charge in [0.05, 0.1) is 5.41 Å². The molecule has 1 aromatic carbocycles. The fourth-order valence-corrected chi connectivity index (χ4v) is 7.98. The van der Waals surface area contributed by atoms with Crippen molar-refractivity contribution in [1.29, 1.82) is 0 Å². The van der Waals surface area contributed by atoms with E-state index in [-0.39, 0.29) is 22.3 Å². The molecule has 3 heteroatoms. The molecule has 2 N–H and O–H groups in total. The number of benzene rings is 1. The third-order valence-corrected chi connectivity index (χ3v) is 9.29. The van der Waals surface area contributed by atoms with Gasteiger partial charge in [-0.05, 0) is 72.7 Å². The number of likely N-dealkylation sites (tertiary alicyclic amines) is 1. The Balaban J connectivity index is 1.50. The number of nitrogens with two attached hydrogens (primary N) is 1. The second kappa shape index (κ2) is 6.86. The summed E-state index contributed by atoms with van der Waals surface area (Å²) >= 11 is 0. The van der Waals surface area contributed by atoms with Crippen molar-refractivity contribution in [3.63, 3.8) is 0 Å². The van der Waals surface area contributed by atoms with Crippen LogP contribution in [-0.4, -0.2) is 29.9 Å². The number of rotatable bonds is 3. The third kappa shape index (κ3) is 2.94. The van der Waals surface area contributed by atoms with Gasteiger partial charge in [-0.1, -0.05) is 44.2 Å². The first-order valence-corrected chi connectivity index (χ1v) is 11.8. The van der Waals surface area contributed by atoms with Crippen molar-refractivity contribution >= 4 is 5.91 Å².